The van der Waals surface area contributed by atoms with E-state index in [1.165, 1.54) is 28.9 Å². The van der Waals surface area contributed by atoms with Crippen LogP contribution in [0.25, 0.3) is 5.69 Å². The minimum atomic E-state index is -3.93. The molecule has 17 heteroatoms. The van der Waals surface area contributed by atoms with Crippen LogP contribution in [-0.2, 0) is 49.7 Å². The van der Waals surface area contributed by atoms with Crippen molar-refractivity contribution in [1.29, 1.82) is 0 Å². The predicted molar refractivity (Wildman–Crippen MR) is 201 cm³/mol. The maximum Gasteiger partial charge on any atom is 0.247 e. The van der Waals surface area contributed by atoms with Gasteiger partial charge in [-0.2, -0.15) is 0 Å². The molecule has 0 spiro atoms. The fraction of sp³-hybridized carbons (Fsp3) is 0.342. The highest BCUT2D eigenvalue weighted by Gasteiger charge is 2.23. The summed E-state index contributed by atoms with van der Waals surface area (Å²) in [4.78, 5) is 39.0. The Balaban J connectivity index is 1.25. The van der Waals surface area contributed by atoms with Gasteiger partial charge in [0.05, 0.1) is 81.9 Å². The number of hydrogen-bond donors (Lipinski definition) is 3. The van der Waals surface area contributed by atoms with Crippen LogP contribution in [0.4, 0.5) is 5.69 Å². The molecule has 0 saturated carbocycles. The molecule has 0 aliphatic carbocycles. The van der Waals surface area contributed by atoms with Crippen molar-refractivity contribution in [2.75, 3.05) is 71.4 Å². The van der Waals surface area contributed by atoms with Gasteiger partial charge in [-0.3, -0.25) is 14.4 Å². The van der Waals surface area contributed by atoms with Gasteiger partial charge in [-0.25, -0.2) is 18.2 Å². The van der Waals surface area contributed by atoms with Crippen LogP contribution in [0.1, 0.15) is 28.0 Å². The van der Waals surface area contributed by atoms with Gasteiger partial charge in [0, 0.05) is 29.7 Å². The third-order valence-corrected chi connectivity index (χ3v) is 8.56. The van der Waals surface area contributed by atoms with Crippen molar-refractivity contribution >= 4 is 33.3 Å². The van der Waals surface area contributed by atoms with Crippen molar-refractivity contribution in [2.45, 2.75) is 23.8 Å². The highest BCUT2D eigenvalue weighted by Crippen LogP contribution is 2.16. The smallest absolute Gasteiger partial charge is 0.247 e. The van der Waals surface area contributed by atoms with E-state index in [0.29, 0.717) is 68.8 Å². The number of aromatic nitrogens is 3. The Morgan fingerprint density at radius 3 is 1.91 bits per heavy atom. The molecule has 3 aromatic carbocycles. The summed E-state index contributed by atoms with van der Waals surface area (Å²) in [7, 11) is -3.93. The Morgan fingerprint density at radius 2 is 1.33 bits per heavy atom. The number of ketones is 1. The molecular weight excluding hydrogens is 733 g/mol. The van der Waals surface area contributed by atoms with Gasteiger partial charge >= 0.3 is 0 Å². The number of carbonyl (C=O) groups is 3. The molecule has 0 aliphatic heterocycles. The van der Waals surface area contributed by atoms with Crippen molar-refractivity contribution in [3.63, 3.8) is 0 Å². The SMILES string of the molecule is C#CCOCCOCCOCCOCCOCCC(=O)N[C@@H](Cc1cn(-c2ccc(C(=O)c3ccccc3)cc2)nn1)C(=O)Nc1ccc(S(N)(=O)=O)cc1. The molecule has 0 fully saturated rings. The van der Waals surface area contributed by atoms with Gasteiger partial charge in [0.15, 0.2) is 5.78 Å². The summed E-state index contributed by atoms with van der Waals surface area (Å²) in [6.07, 6.45) is 6.65. The quantitative estimate of drug-likeness (QED) is 0.0501. The Morgan fingerprint density at radius 1 is 0.764 bits per heavy atom. The maximum atomic E-state index is 13.4. The van der Waals surface area contributed by atoms with E-state index in [-0.39, 0.29) is 49.0 Å². The number of amides is 2. The van der Waals surface area contributed by atoms with Crippen LogP contribution in [-0.4, -0.2) is 113 Å². The van der Waals surface area contributed by atoms with E-state index in [2.05, 4.69) is 26.9 Å². The van der Waals surface area contributed by atoms with E-state index < -0.39 is 27.9 Å². The highest BCUT2D eigenvalue weighted by atomic mass is 32.2. The van der Waals surface area contributed by atoms with E-state index in [4.69, 9.17) is 35.2 Å². The minimum absolute atomic E-state index is 0.0266. The third kappa shape index (κ3) is 15.1. The Labute approximate surface area is 319 Å². The van der Waals surface area contributed by atoms with Gasteiger partial charge in [-0.15, -0.1) is 11.5 Å². The first-order chi connectivity index (χ1) is 26.6. The van der Waals surface area contributed by atoms with Crippen molar-refractivity contribution < 1.29 is 46.5 Å². The maximum absolute atomic E-state index is 13.4. The molecule has 1 aromatic heterocycles. The monoisotopic (exact) mass is 776 g/mol. The number of terminal acetylenes is 1. The average molecular weight is 777 g/mol. The molecule has 0 aliphatic rings. The number of nitrogens with one attached hydrogen (secondary N) is 2. The molecule has 292 valence electrons. The van der Waals surface area contributed by atoms with E-state index in [1.54, 1.807) is 54.7 Å². The summed E-state index contributed by atoms with van der Waals surface area (Å²) in [6, 6.07) is 20.0. The molecule has 2 amide bonds. The van der Waals surface area contributed by atoms with Gasteiger partial charge in [-0.1, -0.05) is 41.5 Å². The van der Waals surface area contributed by atoms with Crippen molar-refractivity contribution in [3.8, 4) is 18.0 Å². The molecule has 16 nitrogen and oxygen atoms in total. The zero-order valence-corrected chi connectivity index (χ0v) is 30.9. The molecule has 1 heterocycles. The fourth-order valence-corrected chi connectivity index (χ4v) is 5.37. The normalized spacial score (nSPS) is 11.8. The number of nitrogens with two attached hydrogens (primary N) is 1. The zero-order valence-electron chi connectivity index (χ0n) is 30.1. The molecular formula is C38H44N6O10S. The third-order valence-electron chi connectivity index (χ3n) is 7.63. The Bertz CT molecular complexity index is 1950. The second kappa shape index (κ2) is 22.8. The fourth-order valence-electron chi connectivity index (χ4n) is 4.86. The van der Waals surface area contributed by atoms with Gasteiger partial charge in [0.25, 0.3) is 0 Å². The number of carbonyl (C=O) groups excluding carboxylic acids is 3. The first-order valence-corrected chi connectivity index (χ1v) is 18.9. The van der Waals surface area contributed by atoms with Crippen molar-refractivity contribution in [3.05, 3.63) is 102 Å². The van der Waals surface area contributed by atoms with E-state index >= 15 is 0 Å². The molecule has 0 bridgehead atoms. The molecule has 4 aromatic rings. The summed E-state index contributed by atoms with van der Waals surface area (Å²) in [5.41, 5.74) is 2.38. The molecule has 0 saturated heterocycles. The number of sulfonamides is 1. The van der Waals surface area contributed by atoms with Crippen LogP contribution in [0.3, 0.4) is 0 Å². The number of nitrogens with zero attached hydrogens (tertiary/aromatic N) is 3. The largest absolute Gasteiger partial charge is 0.379 e. The van der Waals surface area contributed by atoms with E-state index in [1.807, 2.05) is 6.07 Å². The van der Waals surface area contributed by atoms with Crippen LogP contribution in [0, 0.1) is 12.3 Å². The lowest BCUT2D eigenvalue weighted by Crippen LogP contribution is -2.45. The molecule has 1 atom stereocenters. The Kier molecular flexibility index (Phi) is 17.6. The van der Waals surface area contributed by atoms with Crippen LogP contribution >= 0.6 is 0 Å². The van der Waals surface area contributed by atoms with Gasteiger partial charge < -0.3 is 34.3 Å². The number of primary sulfonamides is 1. The summed E-state index contributed by atoms with van der Waals surface area (Å²) in [6.45, 7) is 3.33. The van der Waals surface area contributed by atoms with Gasteiger partial charge in [0.2, 0.25) is 21.8 Å². The molecule has 0 radical (unpaired) electrons. The van der Waals surface area contributed by atoms with Crippen LogP contribution in [0.15, 0.2) is 90.0 Å². The average Bonchev–Trinajstić information content (AvgIpc) is 3.66. The lowest BCUT2D eigenvalue weighted by molar-refractivity contribution is -0.127. The summed E-state index contributed by atoms with van der Waals surface area (Å²) < 4.78 is 51.7. The second-order valence-corrected chi connectivity index (χ2v) is 13.3. The molecule has 4 rings (SSSR count). The van der Waals surface area contributed by atoms with Gasteiger partial charge in [-0.05, 0) is 48.5 Å². The van der Waals surface area contributed by atoms with Crippen molar-refractivity contribution in [1.82, 2.24) is 20.3 Å². The van der Waals surface area contributed by atoms with Crippen molar-refractivity contribution in [2.24, 2.45) is 5.14 Å². The lowest BCUT2D eigenvalue weighted by atomic mass is 10.0. The number of hydrogen-bond acceptors (Lipinski definition) is 12. The lowest BCUT2D eigenvalue weighted by Gasteiger charge is -2.18. The number of benzene rings is 3. The second-order valence-electron chi connectivity index (χ2n) is 11.7. The summed E-state index contributed by atoms with van der Waals surface area (Å²) in [5.74, 6) is 1.23. The number of rotatable bonds is 25. The number of ether oxygens (including phenoxy) is 5. The molecule has 4 N–H and O–H groups in total. The molecule has 0 unspecified atom stereocenters. The van der Waals surface area contributed by atoms with E-state index in [9.17, 15) is 22.8 Å². The van der Waals surface area contributed by atoms with E-state index in [0.717, 1.165) is 0 Å². The van der Waals surface area contributed by atoms with Gasteiger partial charge in [0.1, 0.15) is 12.6 Å². The first-order valence-electron chi connectivity index (χ1n) is 17.3. The van der Waals surface area contributed by atoms with Crippen LogP contribution in [0.5, 0.6) is 0 Å². The first kappa shape index (κ1) is 42.4. The Hall–Kier alpha value is -5.32. The number of anilines is 1. The molecule has 55 heavy (non-hydrogen) atoms. The van der Waals surface area contributed by atoms with Crippen LogP contribution < -0.4 is 15.8 Å². The minimum Gasteiger partial charge on any atom is -0.379 e. The summed E-state index contributed by atoms with van der Waals surface area (Å²) in [5, 5.41) is 18.9. The highest BCUT2D eigenvalue weighted by molar-refractivity contribution is 7.89. The topological polar surface area (TPSA) is 212 Å². The summed E-state index contributed by atoms with van der Waals surface area (Å²) >= 11 is 0. The zero-order chi connectivity index (χ0) is 39.3. The predicted octanol–water partition coefficient (Wildman–Crippen LogP) is 1.92. The van der Waals surface area contributed by atoms with Crippen LogP contribution in [0.2, 0.25) is 0 Å². The standard InChI is InChI=1S/C38H44N6O10S/c1-2-17-50-19-21-52-23-25-54-26-24-53-22-20-51-18-16-36(45)41-35(38(47)40-31-10-14-34(15-11-31)55(39,48)49)27-32-28-44(43-42-32)33-12-8-30(9-13-33)37(46)29-6-4-3-5-7-29/h1,3-15,28,35H,16-27H2,(H,40,47)(H,41,45)(H2,39,48,49)/t35-/m0/s1.